The first kappa shape index (κ1) is 10.3. The molecule has 15 heavy (non-hydrogen) atoms. The molecule has 0 spiro atoms. The molecule has 2 heterocycles. The summed E-state index contributed by atoms with van der Waals surface area (Å²) in [4.78, 5) is 14.4. The minimum atomic E-state index is -0.225. The number of H-pyrrole nitrogens is 1. The number of aromatic amines is 1. The van der Waals surface area contributed by atoms with Gasteiger partial charge in [-0.05, 0) is 28.9 Å². The van der Waals surface area contributed by atoms with Crippen LogP contribution in [0.1, 0.15) is 15.5 Å². The molecule has 0 aliphatic carbocycles. The molecular weight excluding hydrogens is 280 g/mol. The van der Waals surface area contributed by atoms with E-state index >= 15 is 0 Å². The second-order valence-corrected chi connectivity index (χ2v) is 4.91. The Morgan fingerprint density at radius 1 is 1.60 bits per heavy atom. The first-order valence-electron chi connectivity index (χ1n) is 4.10. The molecule has 0 saturated carbocycles. The molecule has 2 N–H and O–H groups in total. The second-order valence-electron chi connectivity index (χ2n) is 2.81. The van der Waals surface area contributed by atoms with E-state index in [1.54, 1.807) is 12.3 Å². The maximum absolute atomic E-state index is 11.6. The van der Waals surface area contributed by atoms with Crippen molar-refractivity contribution in [2.24, 2.45) is 0 Å². The number of aromatic nitrogens is 3. The van der Waals surface area contributed by atoms with E-state index in [-0.39, 0.29) is 5.91 Å². The Labute approximate surface area is 98.1 Å². The molecule has 0 aromatic carbocycles. The number of rotatable bonds is 2. The summed E-state index contributed by atoms with van der Waals surface area (Å²) in [6.45, 7) is 1.83. The third-order valence-corrected chi connectivity index (χ3v) is 2.85. The lowest BCUT2D eigenvalue weighted by Gasteiger charge is -1.96. The highest BCUT2D eigenvalue weighted by molar-refractivity contribution is 9.10. The molecule has 78 valence electrons. The van der Waals surface area contributed by atoms with Crippen LogP contribution >= 0.6 is 27.3 Å². The predicted octanol–water partition coefficient (Wildman–Crippen LogP) is 2.19. The van der Waals surface area contributed by atoms with E-state index in [9.17, 15) is 4.79 Å². The molecule has 0 bridgehead atoms. The van der Waals surface area contributed by atoms with Crippen LogP contribution in [-0.2, 0) is 0 Å². The van der Waals surface area contributed by atoms with Crippen LogP contribution in [0.25, 0.3) is 0 Å². The van der Waals surface area contributed by atoms with Gasteiger partial charge in [0.05, 0.1) is 0 Å². The highest BCUT2D eigenvalue weighted by atomic mass is 79.9. The molecule has 1 amide bonds. The zero-order valence-corrected chi connectivity index (χ0v) is 10.1. The van der Waals surface area contributed by atoms with Gasteiger partial charge in [-0.3, -0.25) is 10.1 Å². The number of carbonyl (C=O) groups is 1. The average Bonchev–Trinajstić information content (AvgIpc) is 2.75. The lowest BCUT2D eigenvalue weighted by atomic mass is 10.4. The van der Waals surface area contributed by atoms with Gasteiger partial charge in [0.25, 0.3) is 5.91 Å². The average molecular weight is 287 g/mol. The molecule has 0 unspecified atom stereocenters. The van der Waals surface area contributed by atoms with Crippen molar-refractivity contribution in [1.82, 2.24) is 15.2 Å². The predicted molar refractivity (Wildman–Crippen MR) is 61.1 cm³/mol. The Morgan fingerprint density at radius 2 is 2.40 bits per heavy atom. The first-order chi connectivity index (χ1) is 7.15. The summed E-state index contributed by atoms with van der Waals surface area (Å²) in [6.07, 6.45) is 1.69. The Kier molecular flexibility index (Phi) is 2.83. The molecule has 0 aliphatic heterocycles. The molecule has 0 atom stereocenters. The van der Waals surface area contributed by atoms with Gasteiger partial charge in [0, 0.05) is 10.7 Å². The van der Waals surface area contributed by atoms with Crippen molar-refractivity contribution in [3.8, 4) is 0 Å². The van der Waals surface area contributed by atoms with Crippen LogP contribution in [0.5, 0.6) is 0 Å². The smallest absolute Gasteiger partial charge is 0.273 e. The molecule has 0 radical (unpaired) electrons. The summed E-state index contributed by atoms with van der Waals surface area (Å²) in [5.41, 5.74) is 0.481. The molecule has 2 aromatic heterocycles. The number of halogens is 1. The standard InChI is InChI=1S/C8H7BrN4OS/c1-4-12-13-8(15-4)11-7(14)6-2-5(9)3-10-6/h2-3,10H,1H3,(H,11,13,14). The minimum absolute atomic E-state index is 0.225. The van der Waals surface area contributed by atoms with Crippen LogP contribution in [0.15, 0.2) is 16.7 Å². The van der Waals surface area contributed by atoms with Gasteiger partial charge in [0.1, 0.15) is 10.7 Å². The van der Waals surface area contributed by atoms with Gasteiger partial charge < -0.3 is 4.98 Å². The maximum Gasteiger partial charge on any atom is 0.273 e. The fraction of sp³-hybridized carbons (Fsp3) is 0.125. The normalized spacial score (nSPS) is 10.3. The minimum Gasteiger partial charge on any atom is -0.356 e. The van der Waals surface area contributed by atoms with E-state index in [1.165, 1.54) is 11.3 Å². The molecule has 0 saturated heterocycles. The van der Waals surface area contributed by atoms with Gasteiger partial charge in [-0.1, -0.05) is 11.3 Å². The van der Waals surface area contributed by atoms with E-state index < -0.39 is 0 Å². The Morgan fingerprint density at radius 3 is 2.93 bits per heavy atom. The van der Waals surface area contributed by atoms with Crippen molar-refractivity contribution in [1.29, 1.82) is 0 Å². The third kappa shape index (κ3) is 2.42. The fourth-order valence-electron chi connectivity index (χ4n) is 1.01. The zero-order valence-electron chi connectivity index (χ0n) is 7.74. The Balaban J connectivity index is 2.10. The largest absolute Gasteiger partial charge is 0.356 e. The van der Waals surface area contributed by atoms with Crippen molar-refractivity contribution in [3.05, 3.63) is 27.4 Å². The van der Waals surface area contributed by atoms with Crippen LogP contribution in [-0.4, -0.2) is 21.1 Å². The summed E-state index contributed by atoms with van der Waals surface area (Å²) in [7, 11) is 0. The number of anilines is 1. The number of hydrogen-bond acceptors (Lipinski definition) is 4. The van der Waals surface area contributed by atoms with Gasteiger partial charge >= 0.3 is 0 Å². The molecule has 5 nitrogen and oxygen atoms in total. The van der Waals surface area contributed by atoms with E-state index in [0.717, 1.165) is 9.48 Å². The van der Waals surface area contributed by atoms with Crippen LogP contribution in [0.4, 0.5) is 5.13 Å². The fourth-order valence-corrected chi connectivity index (χ4v) is 1.94. The van der Waals surface area contributed by atoms with E-state index in [0.29, 0.717) is 10.8 Å². The quantitative estimate of drug-likeness (QED) is 0.889. The summed E-state index contributed by atoms with van der Waals surface area (Å²) in [5.74, 6) is -0.225. The lowest BCUT2D eigenvalue weighted by molar-refractivity contribution is 0.102. The molecule has 0 fully saturated rings. The van der Waals surface area contributed by atoms with Gasteiger partial charge in [0.15, 0.2) is 0 Å². The third-order valence-electron chi connectivity index (χ3n) is 1.64. The summed E-state index contributed by atoms with van der Waals surface area (Å²) in [6, 6.07) is 1.70. The molecular formula is C8H7BrN4OS. The van der Waals surface area contributed by atoms with Gasteiger partial charge in [0.2, 0.25) is 5.13 Å². The van der Waals surface area contributed by atoms with Crippen molar-refractivity contribution in [2.75, 3.05) is 5.32 Å². The summed E-state index contributed by atoms with van der Waals surface area (Å²) < 4.78 is 0.834. The number of hydrogen-bond donors (Lipinski definition) is 2. The Hall–Kier alpha value is -1.21. The first-order valence-corrected chi connectivity index (χ1v) is 5.71. The van der Waals surface area contributed by atoms with Crippen molar-refractivity contribution in [3.63, 3.8) is 0 Å². The van der Waals surface area contributed by atoms with Crippen LogP contribution < -0.4 is 5.32 Å². The molecule has 7 heteroatoms. The topological polar surface area (TPSA) is 70.7 Å². The molecule has 2 rings (SSSR count). The van der Waals surface area contributed by atoms with E-state index in [4.69, 9.17) is 0 Å². The lowest BCUT2D eigenvalue weighted by Crippen LogP contribution is -2.11. The van der Waals surface area contributed by atoms with Gasteiger partial charge in [-0.2, -0.15) is 0 Å². The van der Waals surface area contributed by atoms with Crippen LogP contribution in [0.3, 0.4) is 0 Å². The highest BCUT2D eigenvalue weighted by Crippen LogP contribution is 2.16. The van der Waals surface area contributed by atoms with Gasteiger partial charge in [-0.15, -0.1) is 10.2 Å². The molecule has 0 aliphatic rings. The van der Waals surface area contributed by atoms with E-state index in [1.807, 2.05) is 6.92 Å². The zero-order chi connectivity index (χ0) is 10.8. The summed E-state index contributed by atoms with van der Waals surface area (Å²) >= 11 is 4.59. The van der Waals surface area contributed by atoms with Crippen molar-refractivity contribution >= 4 is 38.3 Å². The number of nitrogens with zero attached hydrogens (tertiary/aromatic N) is 2. The maximum atomic E-state index is 11.6. The Bertz CT molecular complexity index is 492. The number of carbonyl (C=O) groups excluding carboxylic acids is 1. The van der Waals surface area contributed by atoms with Crippen LogP contribution in [0, 0.1) is 6.92 Å². The number of nitrogens with one attached hydrogen (secondary N) is 2. The second kappa shape index (κ2) is 4.11. The monoisotopic (exact) mass is 286 g/mol. The van der Waals surface area contributed by atoms with Gasteiger partial charge in [-0.25, -0.2) is 0 Å². The molecule has 2 aromatic rings. The highest BCUT2D eigenvalue weighted by Gasteiger charge is 2.10. The van der Waals surface area contributed by atoms with Crippen molar-refractivity contribution in [2.45, 2.75) is 6.92 Å². The van der Waals surface area contributed by atoms with E-state index in [2.05, 4.69) is 36.4 Å². The summed E-state index contributed by atoms with van der Waals surface area (Å²) in [5, 5.41) is 11.6. The van der Waals surface area contributed by atoms with Crippen molar-refractivity contribution < 1.29 is 4.79 Å². The SMILES string of the molecule is Cc1nnc(NC(=O)c2cc(Br)c[nH]2)s1. The number of amides is 1. The van der Waals surface area contributed by atoms with Crippen LogP contribution in [0.2, 0.25) is 0 Å². The number of aryl methyl sites for hydroxylation is 1.